The lowest BCUT2D eigenvalue weighted by atomic mass is 10.5. The molecule has 1 unspecified atom stereocenters. The maximum Gasteiger partial charge on any atom is 0.210 e. The monoisotopic (exact) mass is 182 g/mol. The van der Waals surface area contributed by atoms with E-state index in [0.717, 1.165) is 0 Å². The summed E-state index contributed by atoms with van der Waals surface area (Å²) in [6.07, 6.45) is -0.959. The number of hydrogen-bond acceptors (Lipinski definition) is 2. The van der Waals surface area contributed by atoms with Crippen molar-refractivity contribution in [2.45, 2.75) is 13.2 Å². The van der Waals surface area contributed by atoms with E-state index >= 15 is 0 Å². The summed E-state index contributed by atoms with van der Waals surface area (Å²) in [5.41, 5.74) is 0. The van der Waals surface area contributed by atoms with Crippen molar-refractivity contribution in [2.75, 3.05) is 19.1 Å². The molecule has 0 spiro atoms. The predicted octanol–water partition coefficient (Wildman–Crippen LogP) is 2.09. The van der Waals surface area contributed by atoms with Crippen LogP contribution in [0.25, 0.3) is 0 Å². The Balaban J connectivity index is 3.60. The van der Waals surface area contributed by atoms with Gasteiger partial charge in [-0.15, -0.1) is 11.6 Å². The molecule has 0 rings (SSSR count). The van der Waals surface area contributed by atoms with E-state index < -0.39 is 12.1 Å². The molecular formula is C7H12ClFO2. The van der Waals surface area contributed by atoms with E-state index in [4.69, 9.17) is 21.1 Å². The van der Waals surface area contributed by atoms with Gasteiger partial charge in [0.15, 0.2) is 0 Å². The van der Waals surface area contributed by atoms with Crippen LogP contribution in [0.1, 0.15) is 6.92 Å². The predicted molar refractivity (Wildman–Crippen MR) is 42.3 cm³/mol. The molecule has 2 nitrogen and oxygen atoms in total. The Kier molecular flexibility index (Phi) is 6.51. The van der Waals surface area contributed by atoms with Crippen LogP contribution in [0.15, 0.2) is 12.4 Å². The van der Waals surface area contributed by atoms with Crippen molar-refractivity contribution in [3.8, 4) is 0 Å². The van der Waals surface area contributed by atoms with Gasteiger partial charge >= 0.3 is 0 Å². The third kappa shape index (κ3) is 5.18. The quantitative estimate of drug-likeness (QED) is 0.463. The van der Waals surface area contributed by atoms with Crippen LogP contribution < -0.4 is 0 Å². The molecule has 0 aromatic heterocycles. The molecule has 4 heteroatoms. The Labute approximate surface area is 70.9 Å². The summed E-state index contributed by atoms with van der Waals surface area (Å²) in [6.45, 7) is 5.46. The molecule has 0 aliphatic carbocycles. The molecule has 0 aliphatic rings. The second kappa shape index (κ2) is 6.58. The number of halogens is 2. The first-order chi connectivity index (χ1) is 5.22. The minimum absolute atomic E-state index is 0.259. The number of alkyl halides is 1. The highest BCUT2D eigenvalue weighted by Gasteiger charge is 2.11. The topological polar surface area (TPSA) is 18.5 Å². The molecule has 0 amide bonds. The zero-order chi connectivity index (χ0) is 8.69. The molecule has 0 fully saturated rings. The van der Waals surface area contributed by atoms with E-state index in [-0.39, 0.29) is 6.61 Å². The van der Waals surface area contributed by atoms with Gasteiger partial charge < -0.3 is 9.47 Å². The summed E-state index contributed by atoms with van der Waals surface area (Å²) in [5.74, 6) is -0.311. The summed E-state index contributed by atoms with van der Waals surface area (Å²) >= 11 is 5.32. The lowest BCUT2D eigenvalue weighted by Crippen LogP contribution is -2.18. The van der Waals surface area contributed by atoms with Crippen LogP contribution in [0.4, 0.5) is 4.39 Å². The molecule has 0 saturated carbocycles. The van der Waals surface area contributed by atoms with Crippen molar-refractivity contribution >= 4 is 11.6 Å². The van der Waals surface area contributed by atoms with Gasteiger partial charge in [0.1, 0.15) is 5.83 Å². The molecule has 0 saturated heterocycles. The van der Waals surface area contributed by atoms with Gasteiger partial charge in [-0.25, -0.2) is 4.39 Å². The molecule has 11 heavy (non-hydrogen) atoms. The van der Waals surface area contributed by atoms with E-state index in [2.05, 4.69) is 6.58 Å². The summed E-state index contributed by atoms with van der Waals surface area (Å²) in [4.78, 5) is 0. The van der Waals surface area contributed by atoms with E-state index in [0.29, 0.717) is 12.5 Å². The number of hydrogen-bond donors (Lipinski definition) is 0. The summed E-state index contributed by atoms with van der Waals surface area (Å²) in [7, 11) is 0. The minimum atomic E-state index is -0.959. The summed E-state index contributed by atoms with van der Waals surface area (Å²) < 4.78 is 22.1. The van der Waals surface area contributed by atoms with Crippen LogP contribution in [0.3, 0.4) is 0 Å². The van der Waals surface area contributed by atoms with Crippen molar-refractivity contribution in [3.05, 3.63) is 12.4 Å². The standard InChI is InChI=1S/C7H12ClFO2/c1-3-10-7(6(2)9)11-5-4-8/h7H,2-5H2,1H3. The van der Waals surface area contributed by atoms with Crippen molar-refractivity contribution in [2.24, 2.45) is 0 Å². The van der Waals surface area contributed by atoms with Gasteiger partial charge in [0.05, 0.1) is 6.61 Å². The molecule has 0 aliphatic heterocycles. The summed E-state index contributed by atoms with van der Waals surface area (Å²) in [5, 5.41) is 0. The minimum Gasteiger partial charge on any atom is -0.347 e. The average molecular weight is 183 g/mol. The maximum atomic E-state index is 12.4. The SMILES string of the molecule is C=C(F)C(OCC)OCCCl. The Morgan fingerprint density at radius 3 is 2.64 bits per heavy atom. The first-order valence-corrected chi connectivity index (χ1v) is 3.89. The van der Waals surface area contributed by atoms with Crippen molar-refractivity contribution in [3.63, 3.8) is 0 Å². The highest BCUT2D eigenvalue weighted by atomic mass is 35.5. The van der Waals surface area contributed by atoms with Crippen LogP contribution in [0, 0.1) is 0 Å². The molecule has 0 aromatic carbocycles. The maximum absolute atomic E-state index is 12.4. The van der Waals surface area contributed by atoms with Crippen molar-refractivity contribution in [1.82, 2.24) is 0 Å². The largest absolute Gasteiger partial charge is 0.347 e. The van der Waals surface area contributed by atoms with E-state index in [9.17, 15) is 4.39 Å². The fraction of sp³-hybridized carbons (Fsp3) is 0.714. The Bertz CT molecular complexity index is 119. The van der Waals surface area contributed by atoms with Gasteiger partial charge in [-0.2, -0.15) is 0 Å². The zero-order valence-electron chi connectivity index (χ0n) is 6.48. The van der Waals surface area contributed by atoms with Crippen LogP contribution in [-0.4, -0.2) is 25.4 Å². The Morgan fingerprint density at radius 1 is 1.64 bits per heavy atom. The fourth-order valence-corrected chi connectivity index (χ4v) is 0.621. The van der Waals surface area contributed by atoms with Gasteiger partial charge in [0.2, 0.25) is 6.29 Å². The van der Waals surface area contributed by atoms with Gasteiger partial charge in [-0.3, -0.25) is 0 Å². The smallest absolute Gasteiger partial charge is 0.210 e. The average Bonchev–Trinajstić information content (AvgIpc) is 1.97. The lowest BCUT2D eigenvalue weighted by molar-refractivity contribution is -0.121. The van der Waals surface area contributed by atoms with Gasteiger partial charge in [0.25, 0.3) is 0 Å². The van der Waals surface area contributed by atoms with Gasteiger partial charge in [-0.1, -0.05) is 6.58 Å². The van der Waals surface area contributed by atoms with Crippen LogP contribution in [-0.2, 0) is 9.47 Å². The molecular weight excluding hydrogens is 171 g/mol. The first-order valence-electron chi connectivity index (χ1n) is 3.35. The molecule has 0 N–H and O–H groups in total. The van der Waals surface area contributed by atoms with Gasteiger partial charge in [0, 0.05) is 12.5 Å². The second-order valence-corrected chi connectivity index (χ2v) is 2.17. The summed E-state index contributed by atoms with van der Waals surface area (Å²) in [6, 6.07) is 0. The van der Waals surface area contributed by atoms with Gasteiger partial charge in [-0.05, 0) is 6.92 Å². The number of ether oxygens (including phenoxy) is 2. The second-order valence-electron chi connectivity index (χ2n) is 1.79. The van der Waals surface area contributed by atoms with E-state index in [1.54, 1.807) is 6.92 Å². The Hall–Kier alpha value is -0.120. The van der Waals surface area contributed by atoms with Crippen LogP contribution >= 0.6 is 11.6 Å². The van der Waals surface area contributed by atoms with Crippen molar-refractivity contribution < 1.29 is 13.9 Å². The molecule has 0 radical (unpaired) electrons. The van der Waals surface area contributed by atoms with Crippen molar-refractivity contribution in [1.29, 1.82) is 0 Å². The normalized spacial score (nSPS) is 13.0. The first kappa shape index (κ1) is 10.9. The zero-order valence-corrected chi connectivity index (χ0v) is 7.23. The van der Waals surface area contributed by atoms with Crippen LogP contribution in [0.5, 0.6) is 0 Å². The fourth-order valence-electron chi connectivity index (χ4n) is 0.532. The molecule has 0 bridgehead atoms. The lowest BCUT2D eigenvalue weighted by Gasteiger charge is -2.13. The number of rotatable bonds is 6. The highest BCUT2D eigenvalue weighted by Crippen LogP contribution is 2.07. The molecule has 1 atom stereocenters. The molecule has 66 valence electrons. The van der Waals surface area contributed by atoms with E-state index in [1.165, 1.54) is 0 Å². The van der Waals surface area contributed by atoms with Crippen LogP contribution in [0.2, 0.25) is 0 Å². The Morgan fingerprint density at radius 2 is 2.27 bits per heavy atom. The molecule has 0 heterocycles. The molecule has 0 aromatic rings. The third-order valence-corrected chi connectivity index (χ3v) is 1.07. The van der Waals surface area contributed by atoms with E-state index in [1.807, 2.05) is 0 Å². The highest BCUT2D eigenvalue weighted by molar-refractivity contribution is 6.17. The third-order valence-electron chi connectivity index (χ3n) is 0.920.